The second-order valence-electron chi connectivity index (χ2n) is 4.30. The van der Waals surface area contributed by atoms with Gasteiger partial charge in [0.2, 0.25) is 0 Å². The summed E-state index contributed by atoms with van der Waals surface area (Å²) in [5.74, 6) is 0.964. The molecule has 0 spiro atoms. The number of ether oxygens (including phenoxy) is 2. The molecule has 18 heavy (non-hydrogen) atoms. The third-order valence-corrected chi connectivity index (χ3v) is 2.80. The number of hydrogen-bond donors (Lipinski definition) is 1. The molecule has 0 aliphatic rings. The Labute approximate surface area is 110 Å². The van der Waals surface area contributed by atoms with Crippen molar-refractivity contribution in [1.29, 1.82) is 0 Å². The Morgan fingerprint density at radius 2 is 1.67 bits per heavy atom. The third-order valence-electron chi connectivity index (χ3n) is 2.80. The van der Waals surface area contributed by atoms with Gasteiger partial charge in [0.05, 0.1) is 6.61 Å². The summed E-state index contributed by atoms with van der Waals surface area (Å²) in [4.78, 5) is 0. The van der Waals surface area contributed by atoms with Gasteiger partial charge in [-0.1, -0.05) is 19.1 Å². The minimum Gasteiger partial charge on any atom is -0.494 e. The molecule has 0 amide bonds. The zero-order valence-corrected chi connectivity index (χ0v) is 11.6. The molecule has 0 aliphatic carbocycles. The van der Waals surface area contributed by atoms with Crippen LogP contribution in [-0.2, 0) is 11.2 Å². The van der Waals surface area contributed by atoms with Crippen LogP contribution in [0.15, 0.2) is 24.3 Å². The van der Waals surface area contributed by atoms with Gasteiger partial charge in [-0.2, -0.15) is 0 Å². The van der Waals surface area contributed by atoms with E-state index in [1.165, 1.54) is 5.56 Å². The largest absolute Gasteiger partial charge is 0.494 e. The molecule has 0 saturated heterocycles. The molecular weight excluding hydrogens is 226 g/mol. The first-order valence-electron chi connectivity index (χ1n) is 6.78. The smallest absolute Gasteiger partial charge is 0.119 e. The predicted octanol–water partition coefficient (Wildman–Crippen LogP) is 2.64. The van der Waals surface area contributed by atoms with Crippen molar-refractivity contribution in [2.45, 2.75) is 26.2 Å². The molecule has 0 saturated carbocycles. The van der Waals surface area contributed by atoms with Gasteiger partial charge in [-0.05, 0) is 50.0 Å². The summed E-state index contributed by atoms with van der Waals surface area (Å²) in [5.41, 5.74) is 1.35. The fourth-order valence-electron chi connectivity index (χ4n) is 1.68. The van der Waals surface area contributed by atoms with Crippen molar-refractivity contribution in [2.75, 3.05) is 33.4 Å². The average Bonchev–Trinajstić information content (AvgIpc) is 2.42. The van der Waals surface area contributed by atoms with Gasteiger partial charge in [-0.25, -0.2) is 0 Å². The monoisotopic (exact) mass is 251 g/mol. The van der Waals surface area contributed by atoms with E-state index in [0.717, 1.165) is 51.3 Å². The second kappa shape index (κ2) is 9.92. The average molecular weight is 251 g/mol. The molecule has 0 aromatic heterocycles. The zero-order valence-electron chi connectivity index (χ0n) is 11.6. The van der Waals surface area contributed by atoms with E-state index in [9.17, 15) is 0 Å². The van der Waals surface area contributed by atoms with Crippen molar-refractivity contribution in [3.63, 3.8) is 0 Å². The van der Waals surface area contributed by atoms with Crippen molar-refractivity contribution in [3.8, 4) is 5.75 Å². The van der Waals surface area contributed by atoms with E-state index < -0.39 is 0 Å². The van der Waals surface area contributed by atoms with E-state index in [1.54, 1.807) is 7.11 Å². The lowest BCUT2D eigenvalue weighted by Gasteiger charge is -2.07. The maximum atomic E-state index is 5.67. The van der Waals surface area contributed by atoms with Crippen LogP contribution in [0, 0.1) is 0 Å². The highest BCUT2D eigenvalue weighted by molar-refractivity contribution is 5.27. The Morgan fingerprint density at radius 3 is 2.28 bits per heavy atom. The lowest BCUT2D eigenvalue weighted by molar-refractivity contribution is 0.194. The molecule has 0 unspecified atom stereocenters. The molecule has 0 heterocycles. The summed E-state index contributed by atoms with van der Waals surface area (Å²) < 4.78 is 10.7. The van der Waals surface area contributed by atoms with E-state index in [4.69, 9.17) is 9.47 Å². The number of hydrogen-bond acceptors (Lipinski definition) is 3. The van der Waals surface area contributed by atoms with Crippen LogP contribution in [0.1, 0.15) is 25.3 Å². The molecule has 102 valence electrons. The van der Waals surface area contributed by atoms with E-state index in [-0.39, 0.29) is 0 Å². The predicted molar refractivity (Wildman–Crippen MR) is 75.3 cm³/mol. The van der Waals surface area contributed by atoms with Crippen LogP contribution in [0.2, 0.25) is 0 Å². The number of rotatable bonds is 10. The number of nitrogens with one attached hydrogen (secondary N) is 1. The lowest BCUT2D eigenvalue weighted by atomic mass is 10.2. The zero-order chi connectivity index (χ0) is 13.1. The maximum absolute atomic E-state index is 5.67. The van der Waals surface area contributed by atoms with Crippen molar-refractivity contribution in [3.05, 3.63) is 29.8 Å². The van der Waals surface area contributed by atoms with Gasteiger partial charge in [-0.15, -0.1) is 0 Å². The molecule has 1 N–H and O–H groups in total. The van der Waals surface area contributed by atoms with Crippen molar-refractivity contribution >= 4 is 0 Å². The molecule has 0 fully saturated rings. The van der Waals surface area contributed by atoms with Crippen LogP contribution in [0.4, 0.5) is 0 Å². The molecule has 0 bridgehead atoms. The lowest BCUT2D eigenvalue weighted by Crippen LogP contribution is -2.19. The van der Waals surface area contributed by atoms with Crippen molar-refractivity contribution in [1.82, 2.24) is 5.32 Å². The highest BCUT2D eigenvalue weighted by atomic mass is 16.5. The van der Waals surface area contributed by atoms with Crippen LogP contribution in [0.25, 0.3) is 0 Å². The molecule has 1 aromatic carbocycles. The molecule has 0 aliphatic heterocycles. The molecule has 1 aromatic rings. The Balaban J connectivity index is 2.00. The standard InChI is InChI=1S/C15H25NO2/c1-3-14-6-8-15(9-7-14)18-13-5-11-16-10-4-12-17-2/h6-9,16H,3-5,10-13H2,1-2H3. The highest BCUT2D eigenvalue weighted by Crippen LogP contribution is 2.12. The summed E-state index contributed by atoms with van der Waals surface area (Å²) in [6.45, 7) is 5.76. The molecular formula is C15H25NO2. The second-order valence-corrected chi connectivity index (χ2v) is 4.30. The fraction of sp³-hybridized carbons (Fsp3) is 0.600. The van der Waals surface area contributed by atoms with Gasteiger partial charge in [0.15, 0.2) is 0 Å². The van der Waals surface area contributed by atoms with E-state index in [2.05, 4.69) is 24.4 Å². The highest BCUT2D eigenvalue weighted by Gasteiger charge is 1.94. The topological polar surface area (TPSA) is 30.5 Å². The van der Waals surface area contributed by atoms with Crippen LogP contribution >= 0.6 is 0 Å². The molecule has 3 nitrogen and oxygen atoms in total. The number of methoxy groups -OCH3 is 1. The van der Waals surface area contributed by atoms with Gasteiger partial charge in [-0.3, -0.25) is 0 Å². The fourth-order valence-corrected chi connectivity index (χ4v) is 1.68. The summed E-state index contributed by atoms with van der Waals surface area (Å²) in [7, 11) is 1.73. The quantitative estimate of drug-likeness (QED) is 0.648. The maximum Gasteiger partial charge on any atom is 0.119 e. The van der Waals surface area contributed by atoms with Crippen LogP contribution in [-0.4, -0.2) is 33.4 Å². The first-order chi connectivity index (χ1) is 8.86. The Bertz CT molecular complexity index is 298. The Hall–Kier alpha value is -1.06. The minimum atomic E-state index is 0.767. The first-order valence-corrected chi connectivity index (χ1v) is 6.78. The van der Waals surface area contributed by atoms with Gasteiger partial charge < -0.3 is 14.8 Å². The van der Waals surface area contributed by atoms with Gasteiger partial charge in [0.25, 0.3) is 0 Å². The van der Waals surface area contributed by atoms with Gasteiger partial charge >= 0.3 is 0 Å². The first kappa shape index (κ1) is 15.0. The van der Waals surface area contributed by atoms with E-state index in [0.29, 0.717) is 0 Å². The van der Waals surface area contributed by atoms with Gasteiger partial charge in [0, 0.05) is 13.7 Å². The Morgan fingerprint density at radius 1 is 1.00 bits per heavy atom. The number of benzene rings is 1. The van der Waals surface area contributed by atoms with E-state index in [1.807, 2.05) is 12.1 Å². The normalized spacial score (nSPS) is 10.6. The van der Waals surface area contributed by atoms with Crippen LogP contribution < -0.4 is 10.1 Å². The van der Waals surface area contributed by atoms with Gasteiger partial charge in [0.1, 0.15) is 5.75 Å². The molecule has 1 rings (SSSR count). The molecule has 0 atom stereocenters. The SMILES string of the molecule is CCc1ccc(OCCCNCCCOC)cc1. The summed E-state index contributed by atoms with van der Waals surface area (Å²) in [5, 5.41) is 3.36. The Kier molecular flexibility index (Phi) is 8.26. The third kappa shape index (κ3) is 6.62. The van der Waals surface area contributed by atoms with Crippen molar-refractivity contribution < 1.29 is 9.47 Å². The molecule has 0 radical (unpaired) electrons. The number of aryl methyl sites for hydroxylation is 1. The van der Waals surface area contributed by atoms with Crippen LogP contribution in [0.5, 0.6) is 5.75 Å². The molecule has 3 heteroatoms. The van der Waals surface area contributed by atoms with E-state index >= 15 is 0 Å². The minimum absolute atomic E-state index is 0.767. The van der Waals surface area contributed by atoms with Crippen LogP contribution in [0.3, 0.4) is 0 Å². The summed E-state index contributed by atoms with van der Waals surface area (Å²) >= 11 is 0. The van der Waals surface area contributed by atoms with Crippen molar-refractivity contribution in [2.24, 2.45) is 0 Å². The summed E-state index contributed by atoms with van der Waals surface area (Å²) in [6.07, 6.45) is 3.17. The summed E-state index contributed by atoms with van der Waals surface area (Å²) in [6, 6.07) is 8.34.